The van der Waals surface area contributed by atoms with Crippen LogP contribution >= 0.6 is 22.6 Å². The first kappa shape index (κ1) is 11.2. The number of benzene rings is 1. The molecule has 1 N–H and O–H groups in total. The molecule has 0 spiro atoms. The van der Waals surface area contributed by atoms with Gasteiger partial charge in [0.1, 0.15) is 5.82 Å². The lowest BCUT2D eigenvalue weighted by molar-refractivity contribution is 0.0956. The largest absolute Gasteiger partial charge is 0.349 e. The van der Waals surface area contributed by atoms with Crippen molar-refractivity contribution >= 4 is 28.5 Å². The summed E-state index contributed by atoms with van der Waals surface area (Å²) in [7, 11) is 0. The quantitative estimate of drug-likeness (QED) is 0.674. The Bertz CT molecular complexity index is 365. The molecular formula is C10H9FINO. The maximum Gasteiger partial charge on any atom is 0.252 e. The first-order chi connectivity index (χ1) is 6.65. The summed E-state index contributed by atoms with van der Waals surface area (Å²) >= 11 is 1.99. The fourth-order valence-corrected chi connectivity index (χ4v) is 1.51. The average Bonchev–Trinajstić information content (AvgIpc) is 2.18. The van der Waals surface area contributed by atoms with E-state index >= 15 is 0 Å². The van der Waals surface area contributed by atoms with Gasteiger partial charge in [-0.15, -0.1) is 6.58 Å². The molecule has 0 saturated heterocycles. The van der Waals surface area contributed by atoms with Crippen LogP contribution in [0.1, 0.15) is 10.4 Å². The molecule has 14 heavy (non-hydrogen) atoms. The van der Waals surface area contributed by atoms with Crippen LogP contribution in [0.5, 0.6) is 0 Å². The molecule has 1 rings (SSSR count). The third-order valence-corrected chi connectivity index (χ3v) is 2.52. The predicted octanol–water partition coefficient (Wildman–Crippen LogP) is 2.35. The Morgan fingerprint density at radius 2 is 2.36 bits per heavy atom. The van der Waals surface area contributed by atoms with Gasteiger partial charge < -0.3 is 5.32 Å². The summed E-state index contributed by atoms with van der Waals surface area (Å²) in [6.07, 6.45) is 1.57. The van der Waals surface area contributed by atoms with Crippen LogP contribution in [0, 0.1) is 9.39 Å². The molecule has 0 heterocycles. The molecule has 0 saturated carbocycles. The van der Waals surface area contributed by atoms with Crippen LogP contribution in [0.4, 0.5) is 4.39 Å². The van der Waals surface area contributed by atoms with Crippen LogP contribution < -0.4 is 5.32 Å². The van der Waals surface area contributed by atoms with Crippen LogP contribution in [0.15, 0.2) is 30.9 Å². The van der Waals surface area contributed by atoms with Crippen LogP contribution in [0.2, 0.25) is 0 Å². The molecule has 0 atom stereocenters. The van der Waals surface area contributed by atoms with Crippen molar-refractivity contribution in [1.29, 1.82) is 0 Å². The van der Waals surface area contributed by atoms with Crippen LogP contribution in [0.25, 0.3) is 0 Å². The van der Waals surface area contributed by atoms with E-state index in [1.165, 1.54) is 12.1 Å². The Hall–Kier alpha value is -0.910. The van der Waals surface area contributed by atoms with E-state index in [9.17, 15) is 9.18 Å². The van der Waals surface area contributed by atoms with Gasteiger partial charge in [0.05, 0.1) is 5.56 Å². The highest BCUT2D eigenvalue weighted by atomic mass is 127. The van der Waals surface area contributed by atoms with Crippen LogP contribution in [-0.4, -0.2) is 12.5 Å². The van der Waals surface area contributed by atoms with Gasteiger partial charge in [-0.1, -0.05) is 6.08 Å². The average molecular weight is 305 g/mol. The lowest BCUT2D eigenvalue weighted by Gasteiger charge is -2.04. The van der Waals surface area contributed by atoms with Crippen molar-refractivity contribution in [3.8, 4) is 0 Å². The SMILES string of the molecule is C=CCNC(=O)c1cc(F)ccc1I. The lowest BCUT2D eigenvalue weighted by Crippen LogP contribution is -2.24. The van der Waals surface area contributed by atoms with Crippen LogP contribution in [-0.2, 0) is 0 Å². The van der Waals surface area contributed by atoms with Crippen molar-refractivity contribution < 1.29 is 9.18 Å². The van der Waals surface area contributed by atoms with E-state index in [1.807, 2.05) is 22.6 Å². The third kappa shape index (κ3) is 2.80. The van der Waals surface area contributed by atoms with Gasteiger partial charge in [0.2, 0.25) is 0 Å². The number of carbonyl (C=O) groups excluding carboxylic acids is 1. The molecule has 74 valence electrons. The highest BCUT2D eigenvalue weighted by Crippen LogP contribution is 2.13. The van der Waals surface area contributed by atoms with E-state index in [0.29, 0.717) is 12.1 Å². The molecule has 4 heteroatoms. The molecule has 0 aliphatic carbocycles. The zero-order valence-corrected chi connectivity index (χ0v) is 9.55. The topological polar surface area (TPSA) is 29.1 Å². The normalized spacial score (nSPS) is 9.57. The third-order valence-electron chi connectivity index (χ3n) is 1.58. The Labute approximate surface area is 95.3 Å². The van der Waals surface area contributed by atoms with Gasteiger partial charge in [-0.05, 0) is 40.8 Å². The molecule has 1 aromatic carbocycles. The smallest absolute Gasteiger partial charge is 0.252 e. The van der Waals surface area contributed by atoms with Gasteiger partial charge in [0, 0.05) is 10.1 Å². The molecule has 0 aliphatic heterocycles. The monoisotopic (exact) mass is 305 g/mol. The summed E-state index contributed by atoms with van der Waals surface area (Å²) in [5, 5.41) is 2.59. The van der Waals surface area contributed by atoms with E-state index in [1.54, 1.807) is 12.1 Å². The summed E-state index contributed by atoms with van der Waals surface area (Å²) in [5.41, 5.74) is 0.354. The van der Waals surface area contributed by atoms with Crippen molar-refractivity contribution in [2.45, 2.75) is 0 Å². The number of hydrogen-bond acceptors (Lipinski definition) is 1. The fourth-order valence-electron chi connectivity index (χ4n) is 0.932. The second-order valence-electron chi connectivity index (χ2n) is 2.62. The number of amides is 1. The van der Waals surface area contributed by atoms with Crippen molar-refractivity contribution in [2.75, 3.05) is 6.54 Å². The maximum absolute atomic E-state index is 12.8. The van der Waals surface area contributed by atoms with E-state index in [4.69, 9.17) is 0 Å². The minimum Gasteiger partial charge on any atom is -0.349 e. The summed E-state index contributed by atoms with van der Waals surface area (Å²) in [5.74, 6) is -0.692. The van der Waals surface area contributed by atoms with E-state index in [0.717, 1.165) is 3.57 Å². The van der Waals surface area contributed by atoms with E-state index in [2.05, 4.69) is 11.9 Å². The standard InChI is InChI=1S/C10H9FINO/c1-2-5-13-10(14)8-6-7(11)3-4-9(8)12/h2-4,6H,1,5H2,(H,13,14). The summed E-state index contributed by atoms with van der Waals surface area (Å²) < 4.78 is 13.6. The maximum atomic E-state index is 12.8. The zero-order valence-electron chi connectivity index (χ0n) is 7.39. The number of hydrogen-bond donors (Lipinski definition) is 1. The minimum absolute atomic E-state index is 0.284. The molecule has 0 radical (unpaired) electrons. The zero-order chi connectivity index (χ0) is 10.6. The summed E-state index contributed by atoms with van der Waals surface area (Å²) in [4.78, 5) is 11.4. The van der Waals surface area contributed by atoms with Gasteiger partial charge in [0.15, 0.2) is 0 Å². The number of halogens is 2. The van der Waals surface area contributed by atoms with Crippen molar-refractivity contribution in [1.82, 2.24) is 5.32 Å². The van der Waals surface area contributed by atoms with Gasteiger partial charge in [-0.2, -0.15) is 0 Å². The molecule has 0 unspecified atom stereocenters. The van der Waals surface area contributed by atoms with E-state index in [-0.39, 0.29) is 5.91 Å². The predicted molar refractivity (Wildman–Crippen MR) is 61.6 cm³/mol. The Balaban J connectivity index is 2.88. The number of rotatable bonds is 3. The lowest BCUT2D eigenvalue weighted by atomic mass is 10.2. The van der Waals surface area contributed by atoms with Gasteiger partial charge in [0.25, 0.3) is 5.91 Å². The fraction of sp³-hybridized carbons (Fsp3) is 0.100. The molecule has 0 aromatic heterocycles. The summed E-state index contributed by atoms with van der Waals surface area (Å²) in [6, 6.07) is 4.12. The molecule has 2 nitrogen and oxygen atoms in total. The molecular weight excluding hydrogens is 296 g/mol. The van der Waals surface area contributed by atoms with Crippen molar-refractivity contribution in [3.05, 3.63) is 45.8 Å². The number of nitrogens with one attached hydrogen (secondary N) is 1. The highest BCUT2D eigenvalue weighted by Gasteiger charge is 2.09. The minimum atomic E-state index is -0.408. The second kappa shape index (κ2) is 5.09. The molecule has 0 bridgehead atoms. The van der Waals surface area contributed by atoms with E-state index < -0.39 is 5.82 Å². The van der Waals surface area contributed by atoms with Crippen molar-refractivity contribution in [2.24, 2.45) is 0 Å². The second-order valence-corrected chi connectivity index (χ2v) is 3.79. The number of carbonyl (C=O) groups is 1. The summed E-state index contributed by atoms with van der Waals surface area (Å²) in [6.45, 7) is 3.86. The van der Waals surface area contributed by atoms with Crippen molar-refractivity contribution in [3.63, 3.8) is 0 Å². The first-order valence-electron chi connectivity index (χ1n) is 3.99. The highest BCUT2D eigenvalue weighted by molar-refractivity contribution is 14.1. The van der Waals surface area contributed by atoms with Crippen LogP contribution in [0.3, 0.4) is 0 Å². The van der Waals surface area contributed by atoms with Gasteiger partial charge >= 0.3 is 0 Å². The molecule has 0 aliphatic rings. The molecule has 0 fully saturated rings. The Morgan fingerprint density at radius 1 is 1.64 bits per heavy atom. The first-order valence-corrected chi connectivity index (χ1v) is 5.07. The molecule has 1 aromatic rings. The van der Waals surface area contributed by atoms with Gasteiger partial charge in [-0.3, -0.25) is 4.79 Å². The molecule has 1 amide bonds. The Kier molecular flexibility index (Phi) is 4.06. The Morgan fingerprint density at radius 3 is 3.00 bits per heavy atom. The van der Waals surface area contributed by atoms with Gasteiger partial charge in [-0.25, -0.2) is 4.39 Å².